The van der Waals surface area contributed by atoms with Crippen LogP contribution < -0.4 is 10.6 Å². The quantitative estimate of drug-likeness (QED) is 0.650. The Balaban J connectivity index is 1.42. The molecule has 2 N–H and O–H groups in total. The van der Waals surface area contributed by atoms with Crippen LogP contribution in [-0.2, 0) is 19.2 Å². The molecule has 2 heterocycles. The van der Waals surface area contributed by atoms with Crippen molar-refractivity contribution in [2.75, 3.05) is 24.0 Å². The molecule has 2 saturated heterocycles. The van der Waals surface area contributed by atoms with Gasteiger partial charge in [-0.3, -0.25) is 29.0 Å². The topological polar surface area (TPSA) is 98.8 Å². The molecule has 0 saturated carbocycles. The lowest BCUT2D eigenvalue weighted by atomic mass is 10.00. The van der Waals surface area contributed by atoms with Gasteiger partial charge in [-0.2, -0.15) is 0 Å². The second kappa shape index (κ2) is 8.82. The van der Waals surface area contributed by atoms with Crippen LogP contribution in [0.5, 0.6) is 0 Å². The summed E-state index contributed by atoms with van der Waals surface area (Å²) in [6.45, 7) is 4.32. The van der Waals surface area contributed by atoms with E-state index in [4.69, 9.17) is 0 Å². The highest BCUT2D eigenvalue weighted by Gasteiger charge is 2.29. The standard InChI is InChI=1S/C24H26N4O4/c1-15-11-17(3-5-19(15)25-13-27-21(29)7-8-22(27)30)18-4-6-20(16(2)12-18)26-14-28-23(31)9-10-24(28)32/h3-6,11-12,25-26H,7-10,13-14H2,1-2H3. The van der Waals surface area contributed by atoms with E-state index in [2.05, 4.69) is 22.8 Å². The molecule has 2 fully saturated rings. The summed E-state index contributed by atoms with van der Waals surface area (Å²) in [4.78, 5) is 49.6. The average Bonchev–Trinajstić information content (AvgIpc) is 3.26. The maximum absolute atomic E-state index is 11.8. The fraction of sp³-hybridized carbons (Fsp3) is 0.333. The number of hydrogen-bond acceptors (Lipinski definition) is 6. The number of carbonyl (C=O) groups excluding carboxylic acids is 4. The van der Waals surface area contributed by atoms with Crippen LogP contribution in [0.15, 0.2) is 36.4 Å². The van der Waals surface area contributed by atoms with Crippen LogP contribution in [0.2, 0.25) is 0 Å². The summed E-state index contributed by atoms with van der Waals surface area (Å²) < 4.78 is 0. The zero-order chi connectivity index (χ0) is 22.8. The molecule has 8 heteroatoms. The summed E-state index contributed by atoms with van der Waals surface area (Å²) in [5.41, 5.74) is 5.84. The van der Waals surface area contributed by atoms with E-state index in [1.54, 1.807) is 0 Å². The summed E-state index contributed by atoms with van der Waals surface area (Å²) in [5, 5.41) is 6.36. The smallest absolute Gasteiger partial charge is 0.231 e. The Morgan fingerprint density at radius 1 is 0.625 bits per heavy atom. The number of hydrogen-bond donors (Lipinski definition) is 2. The minimum absolute atomic E-state index is 0.139. The molecule has 2 aromatic carbocycles. The Morgan fingerprint density at radius 2 is 0.969 bits per heavy atom. The van der Waals surface area contributed by atoms with Gasteiger partial charge in [0, 0.05) is 37.1 Å². The number of anilines is 2. The number of carbonyl (C=O) groups is 4. The number of nitrogens with one attached hydrogen (secondary N) is 2. The molecule has 0 bridgehead atoms. The normalized spacial score (nSPS) is 16.3. The Labute approximate surface area is 186 Å². The molecule has 2 aliphatic heterocycles. The predicted molar refractivity (Wildman–Crippen MR) is 121 cm³/mol. The van der Waals surface area contributed by atoms with E-state index in [1.165, 1.54) is 9.80 Å². The number of rotatable bonds is 7. The van der Waals surface area contributed by atoms with Gasteiger partial charge in [0.1, 0.15) is 0 Å². The minimum Gasteiger partial charge on any atom is -0.367 e. The molecule has 2 aliphatic rings. The molecule has 32 heavy (non-hydrogen) atoms. The zero-order valence-electron chi connectivity index (χ0n) is 18.2. The summed E-state index contributed by atoms with van der Waals surface area (Å²) in [6, 6.07) is 12.0. The Morgan fingerprint density at radius 3 is 1.28 bits per heavy atom. The Hall–Kier alpha value is -3.68. The van der Waals surface area contributed by atoms with Crippen molar-refractivity contribution in [1.29, 1.82) is 0 Å². The number of likely N-dealkylation sites (tertiary alicyclic amines) is 2. The number of aryl methyl sites for hydroxylation is 2. The highest BCUT2D eigenvalue weighted by Crippen LogP contribution is 2.28. The fourth-order valence-corrected chi connectivity index (χ4v) is 4.01. The molecular weight excluding hydrogens is 408 g/mol. The second-order valence-corrected chi connectivity index (χ2v) is 8.16. The molecule has 0 spiro atoms. The molecule has 4 rings (SSSR count). The van der Waals surface area contributed by atoms with Crippen LogP contribution in [0.25, 0.3) is 11.1 Å². The van der Waals surface area contributed by atoms with E-state index in [0.717, 1.165) is 33.6 Å². The van der Waals surface area contributed by atoms with E-state index in [9.17, 15) is 19.2 Å². The van der Waals surface area contributed by atoms with Crippen molar-refractivity contribution in [3.8, 4) is 11.1 Å². The first-order valence-electron chi connectivity index (χ1n) is 10.7. The van der Waals surface area contributed by atoms with Crippen molar-refractivity contribution in [2.24, 2.45) is 0 Å². The largest absolute Gasteiger partial charge is 0.367 e. The second-order valence-electron chi connectivity index (χ2n) is 8.16. The summed E-state index contributed by atoms with van der Waals surface area (Å²) >= 11 is 0. The first kappa shape index (κ1) is 21.5. The lowest BCUT2D eigenvalue weighted by Gasteiger charge is -2.18. The van der Waals surface area contributed by atoms with Gasteiger partial charge in [0.25, 0.3) is 0 Å². The van der Waals surface area contributed by atoms with Gasteiger partial charge < -0.3 is 10.6 Å². The van der Waals surface area contributed by atoms with Crippen molar-refractivity contribution >= 4 is 35.0 Å². The van der Waals surface area contributed by atoms with Gasteiger partial charge in [0.05, 0.1) is 13.3 Å². The van der Waals surface area contributed by atoms with Gasteiger partial charge in [0.15, 0.2) is 0 Å². The SMILES string of the molecule is Cc1cc(-c2ccc(NCN3C(=O)CCC3=O)c(C)c2)ccc1NCN1C(=O)CCC1=O. The monoisotopic (exact) mass is 434 g/mol. The fourth-order valence-electron chi connectivity index (χ4n) is 4.01. The predicted octanol–water partition coefficient (Wildman–Crippen LogP) is 3.01. The molecule has 8 nitrogen and oxygen atoms in total. The van der Waals surface area contributed by atoms with Crippen molar-refractivity contribution < 1.29 is 19.2 Å². The number of imide groups is 2. The summed E-state index contributed by atoms with van der Waals surface area (Å²) in [6.07, 6.45) is 1.14. The lowest BCUT2D eigenvalue weighted by Crippen LogP contribution is -2.34. The van der Waals surface area contributed by atoms with Crippen LogP contribution >= 0.6 is 0 Å². The first-order valence-corrected chi connectivity index (χ1v) is 10.7. The summed E-state index contributed by atoms with van der Waals surface area (Å²) in [7, 11) is 0. The van der Waals surface area contributed by atoms with Crippen LogP contribution in [0.1, 0.15) is 36.8 Å². The molecule has 0 aromatic heterocycles. The number of benzene rings is 2. The number of nitrogens with zero attached hydrogens (tertiary/aromatic N) is 2. The molecule has 2 aromatic rings. The van der Waals surface area contributed by atoms with Crippen molar-refractivity contribution in [3.05, 3.63) is 47.5 Å². The molecule has 0 aliphatic carbocycles. The molecule has 0 atom stereocenters. The van der Waals surface area contributed by atoms with Crippen molar-refractivity contribution in [3.63, 3.8) is 0 Å². The van der Waals surface area contributed by atoms with Crippen LogP contribution in [0, 0.1) is 13.8 Å². The van der Waals surface area contributed by atoms with Gasteiger partial charge in [-0.1, -0.05) is 12.1 Å². The Bertz CT molecular complexity index is 992. The highest BCUT2D eigenvalue weighted by molar-refractivity contribution is 6.02. The van der Waals surface area contributed by atoms with E-state index in [0.29, 0.717) is 0 Å². The van der Waals surface area contributed by atoms with Gasteiger partial charge in [-0.25, -0.2) is 0 Å². The van der Waals surface area contributed by atoms with Gasteiger partial charge >= 0.3 is 0 Å². The van der Waals surface area contributed by atoms with E-state index < -0.39 is 0 Å². The number of amides is 4. The molecule has 0 radical (unpaired) electrons. The van der Waals surface area contributed by atoms with Gasteiger partial charge in [-0.05, 0) is 60.4 Å². The maximum atomic E-state index is 11.8. The molecule has 0 unspecified atom stereocenters. The maximum Gasteiger partial charge on any atom is 0.231 e. The first-order chi connectivity index (χ1) is 15.3. The zero-order valence-corrected chi connectivity index (χ0v) is 18.2. The molecule has 166 valence electrons. The van der Waals surface area contributed by atoms with Crippen molar-refractivity contribution in [1.82, 2.24) is 9.80 Å². The summed E-state index contributed by atoms with van der Waals surface area (Å²) in [5.74, 6) is -0.558. The third kappa shape index (κ3) is 4.34. The van der Waals surface area contributed by atoms with E-state index >= 15 is 0 Å². The third-order valence-corrected chi connectivity index (χ3v) is 5.95. The third-order valence-electron chi connectivity index (χ3n) is 5.95. The lowest BCUT2D eigenvalue weighted by molar-refractivity contribution is -0.139. The minimum atomic E-state index is -0.139. The highest BCUT2D eigenvalue weighted by atomic mass is 16.2. The molecular formula is C24H26N4O4. The van der Waals surface area contributed by atoms with Crippen LogP contribution in [-0.4, -0.2) is 46.8 Å². The van der Waals surface area contributed by atoms with Crippen molar-refractivity contribution in [2.45, 2.75) is 39.5 Å². The van der Waals surface area contributed by atoms with Gasteiger partial charge in [0.2, 0.25) is 23.6 Å². The average molecular weight is 434 g/mol. The van der Waals surface area contributed by atoms with Crippen LogP contribution in [0.4, 0.5) is 11.4 Å². The van der Waals surface area contributed by atoms with E-state index in [-0.39, 0.29) is 62.6 Å². The Kier molecular flexibility index (Phi) is 5.94. The van der Waals surface area contributed by atoms with Crippen LogP contribution in [0.3, 0.4) is 0 Å². The van der Waals surface area contributed by atoms with Gasteiger partial charge in [-0.15, -0.1) is 0 Å². The molecule has 4 amide bonds. The van der Waals surface area contributed by atoms with E-state index in [1.807, 2.05) is 38.1 Å².